The average Bonchev–Trinajstić information content (AvgIpc) is 2.60. The van der Waals surface area contributed by atoms with Crippen LogP contribution in [0.5, 0.6) is 0 Å². The molecule has 1 aliphatic rings. The second-order valence-electron chi connectivity index (χ2n) is 7.21. The van der Waals surface area contributed by atoms with Crippen LogP contribution < -0.4 is 4.90 Å². The Hall–Kier alpha value is -1.26. The molecule has 1 aliphatic heterocycles. The van der Waals surface area contributed by atoms with Crippen LogP contribution >= 0.6 is 11.8 Å². The zero-order valence-corrected chi connectivity index (χ0v) is 16.4. The number of aromatic nitrogens is 1. The number of piperidine rings is 1. The van der Waals surface area contributed by atoms with Crippen LogP contribution in [-0.2, 0) is 0 Å². The summed E-state index contributed by atoms with van der Waals surface area (Å²) in [4.78, 5) is 11.1. The Kier molecular flexibility index (Phi) is 5.36. The third kappa shape index (κ3) is 3.55. The average molecular weight is 344 g/mol. The molecule has 0 unspecified atom stereocenters. The van der Waals surface area contributed by atoms with Gasteiger partial charge in [-0.2, -0.15) is 0 Å². The van der Waals surface area contributed by atoms with Gasteiger partial charge in [0.25, 0.3) is 0 Å². The van der Waals surface area contributed by atoms with Crippen molar-refractivity contribution in [2.75, 3.05) is 38.3 Å². The molecular weight excluding hydrogens is 314 g/mol. The van der Waals surface area contributed by atoms with Gasteiger partial charge in [0.05, 0.1) is 5.52 Å². The third-order valence-corrected chi connectivity index (χ3v) is 6.29. The minimum atomic E-state index is 0.656. The van der Waals surface area contributed by atoms with Crippen molar-refractivity contribution in [2.45, 2.75) is 37.6 Å². The first-order valence-electron chi connectivity index (χ1n) is 8.86. The summed E-state index contributed by atoms with van der Waals surface area (Å²) in [6, 6.07) is 9.52. The Morgan fingerprint density at radius 3 is 2.54 bits per heavy atom. The number of thioether (sulfide) groups is 1. The number of fused-ring (bicyclic) bond motifs is 1. The molecule has 1 aromatic heterocycles. The summed E-state index contributed by atoms with van der Waals surface area (Å²) in [6.45, 7) is 6.79. The first kappa shape index (κ1) is 17.6. The van der Waals surface area contributed by atoms with E-state index in [4.69, 9.17) is 4.98 Å². The van der Waals surface area contributed by atoms with Crippen LogP contribution in [0.3, 0.4) is 0 Å². The largest absolute Gasteiger partial charge is 0.357 e. The van der Waals surface area contributed by atoms with Crippen molar-refractivity contribution in [3.05, 3.63) is 29.8 Å². The summed E-state index contributed by atoms with van der Waals surface area (Å²) >= 11 is 1.79. The van der Waals surface area contributed by atoms with E-state index >= 15 is 0 Å². The molecule has 4 heteroatoms. The molecule has 130 valence electrons. The molecule has 0 spiro atoms. The number of nitrogens with zero attached hydrogens (tertiary/aromatic N) is 3. The van der Waals surface area contributed by atoms with Gasteiger partial charge in [0.15, 0.2) is 0 Å². The van der Waals surface area contributed by atoms with Crippen LogP contribution in [0.1, 0.15) is 25.3 Å². The maximum atomic E-state index is 4.95. The second kappa shape index (κ2) is 7.32. The number of aryl methyl sites for hydroxylation is 1. The minimum absolute atomic E-state index is 0.656. The minimum Gasteiger partial charge on any atom is -0.357 e. The van der Waals surface area contributed by atoms with Crippen molar-refractivity contribution in [3.63, 3.8) is 0 Å². The molecule has 2 heterocycles. The topological polar surface area (TPSA) is 19.4 Å². The molecule has 24 heavy (non-hydrogen) atoms. The van der Waals surface area contributed by atoms with Gasteiger partial charge >= 0.3 is 0 Å². The van der Waals surface area contributed by atoms with Gasteiger partial charge in [0, 0.05) is 29.4 Å². The predicted molar refractivity (Wildman–Crippen MR) is 106 cm³/mol. The lowest BCUT2D eigenvalue weighted by Gasteiger charge is -2.37. The highest BCUT2D eigenvalue weighted by molar-refractivity contribution is 7.98. The number of anilines is 1. The van der Waals surface area contributed by atoms with Gasteiger partial charge in [-0.1, -0.05) is 0 Å². The van der Waals surface area contributed by atoms with Gasteiger partial charge in [-0.05, 0) is 82.8 Å². The summed E-state index contributed by atoms with van der Waals surface area (Å²) in [5, 5.41) is 1.28. The van der Waals surface area contributed by atoms with E-state index in [0.29, 0.717) is 6.04 Å². The molecule has 0 saturated carbocycles. The van der Waals surface area contributed by atoms with Crippen LogP contribution in [0.15, 0.2) is 29.2 Å². The molecule has 1 fully saturated rings. The van der Waals surface area contributed by atoms with E-state index in [1.54, 1.807) is 11.8 Å². The van der Waals surface area contributed by atoms with Crippen molar-refractivity contribution >= 4 is 28.5 Å². The Bertz CT molecular complexity index is 705. The fraction of sp³-hybridized carbons (Fsp3) is 0.550. The smallest absolute Gasteiger partial charge is 0.129 e. The van der Waals surface area contributed by atoms with Gasteiger partial charge in [0.2, 0.25) is 0 Å². The highest BCUT2D eigenvalue weighted by Gasteiger charge is 2.25. The van der Waals surface area contributed by atoms with Crippen molar-refractivity contribution in [1.82, 2.24) is 9.88 Å². The molecule has 0 radical (unpaired) electrons. The Morgan fingerprint density at radius 2 is 1.92 bits per heavy atom. The number of hydrogen-bond acceptors (Lipinski definition) is 4. The van der Waals surface area contributed by atoms with Gasteiger partial charge in [-0.25, -0.2) is 4.98 Å². The molecule has 1 aromatic carbocycles. The van der Waals surface area contributed by atoms with Crippen LogP contribution in [0.25, 0.3) is 10.9 Å². The number of hydrogen-bond donors (Lipinski definition) is 0. The zero-order valence-electron chi connectivity index (χ0n) is 15.5. The molecule has 3 rings (SSSR count). The summed E-state index contributed by atoms with van der Waals surface area (Å²) in [5.41, 5.74) is 2.45. The van der Waals surface area contributed by atoms with E-state index in [9.17, 15) is 0 Å². The first-order chi connectivity index (χ1) is 11.5. The van der Waals surface area contributed by atoms with E-state index < -0.39 is 0 Å². The Labute approximate surface area is 150 Å². The lowest BCUT2D eigenvalue weighted by Crippen LogP contribution is -2.41. The van der Waals surface area contributed by atoms with Gasteiger partial charge in [0.1, 0.15) is 5.82 Å². The quantitative estimate of drug-likeness (QED) is 0.765. The standard InChI is InChI=1S/C20H29N3S/c1-14-12-20(21-19-7-6-17(24-5)13-18(14)19)23-10-8-16(9-11-23)15(2)22(3)4/h6-7,12-13,15-16H,8-11H2,1-5H3/t15-/m1/s1. The molecule has 3 nitrogen and oxygen atoms in total. The monoisotopic (exact) mass is 343 g/mol. The molecule has 0 amide bonds. The van der Waals surface area contributed by atoms with Crippen LogP contribution in [0.4, 0.5) is 5.82 Å². The molecule has 0 bridgehead atoms. The lowest BCUT2D eigenvalue weighted by molar-refractivity contribution is 0.199. The summed E-state index contributed by atoms with van der Waals surface area (Å²) in [7, 11) is 4.38. The van der Waals surface area contributed by atoms with Crippen LogP contribution in [0, 0.1) is 12.8 Å². The molecule has 0 N–H and O–H groups in total. The Balaban J connectivity index is 1.79. The Morgan fingerprint density at radius 1 is 1.21 bits per heavy atom. The number of pyridine rings is 1. The SMILES string of the molecule is CSc1ccc2nc(N3CCC([C@@H](C)N(C)C)CC3)cc(C)c2c1. The van der Waals surface area contributed by atoms with E-state index in [1.807, 2.05) is 0 Å². The van der Waals surface area contributed by atoms with Crippen molar-refractivity contribution < 1.29 is 0 Å². The van der Waals surface area contributed by atoms with E-state index in [0.717, 1.165) is 30.3 Å². The molecular formula is C20H29N3S. The van der Waals surface area contributed by atoms with E-state index in [1.165, 1.54) is 28.7 Å². The van der Waals surface area contributed by atoms with E-state index in [-0.39, 0.29) is 0 Å². The van der Waals surface area contributed by atoms with Crippen LogP contribution in [0.2, 0.25) is 0 Å². The zero-order chi connectivity index (χ0) is 17.3. The van der Waals surface area contributed by atoms with Gasteiger partial charge in [-0.15, -0.1) is 11.8 Å². The van der Waals surface area contributed by atoms with Crippen molar-refractivity contribution in [1.29, 1.82) is 0 Å². The number of rotatable bonds is 4. The fourth-order valence-electron chi connectivity index (χ4n) is 3.68. The van der Waals surface area contributed by atoms with Crippen molar-refractivity contribution in [2.24, 2.45) is 5.92 Å². The summed E-state index contributed by atoms with van der Waals surface area (Å²) in [5.74, 6) is 1.94. The maximum Gasteiger partial charge on any atom is 0.129 e. The maximum absolute atomic E-state index is 4.95. The van der Waals surface area contributed by atoms with E-state index in [2.05, 4.69) is 68.3 Å². The van der Waals surface area contributed by atoms with Crippen molar-refractivity contribution in [3.8, 4) is 0 Å². The molecule has 1 atom stereocenters. The normalized spacial score (nSPS) is 17.7. The summed E-state index contributed by atoms with van der Waals surface area (Å²) < 4.78 is 0. The molecule has 0 aliphatic carbocycles. The highest BCUT2D eigenvalue weighted by Crippen LogP contribution is 2.30. The lowest BCUT2D eigenvalue weighted by atomic mass is 9.89. The second-order valence-corrected chi connectivity index (χ2v) is 8.09. The molecule has 2 aromatic rings. The fourth-order valence-corrected chi connectivity index (χ4v) is 4.12. The van der Waals surface area contributed by atoms with Gasteiger partial charge < -0.3 is 9.80 Å². The predicted octanol–water partition coefficient (Wildman–Crippen LogP) is 4.43. The first-order valence-corrected chi connectivity index (χ1v) is 10.1. The van der Waals surface area contributed by atoms with Gasteiger partial charge in [-0.3, -0.25) is 0 Å². The third-order valence-electron chi connectivity index (χ3n) is 5.57. The highest BCUT2D eigenvalue weighted by atomic mass is 32.2. The number of benzene rings is 1. The van der Waals surface area contributed by atoms with Crippen LogP contribution in [-0.4, -0.2) is 49.4 Å². The summed E-state index contributed by atoms with van der Waals surface area (Å²) in [6.07, 6.45) is 4.63. The molecule has 1 saturated heterocycles.